The molecule has 2 nitrogen and oxygen atoms in total. The van der Waals surface area contributed by atoms with Gasteiger partial charge in [-0.15, -0.1) is 11.6 Å². The average Bonchev–Trinajstić information content (AvgIpc) is 2.19. The monoisotopic (exact) mass is 353 g/mol. The minimum Gasteiger partial charge on any atom is -0.325 e. The predicted molar refractivity (Wildman–Crippen MR) is 70.4 cm³/mol. The van der Waals surface area contributed by atoms with E-state index < -0.39 is 0 Å². The highest BCUT2D eigenvalue weighted by Crippen LogP contribution is 2.26. The van der Waals surface area contributed by atoms with E-state index in [0.717, 1.165) is 14.6 Å². The molecule has 0 spiro atoms. The number of nitrogens with one attached hydrogen (secondary N) is 1. The molecule has 0 aliphatic rings. The van der Waals surface area contributed by atoms with Gasteiger partial charge < -0.3 is 5.32 Å². The Morgan fingerprint density at radius 3 is 2.73 bits per heavy atom. The molecule has 0 atom stereocenters. The van der Waals surface area contributed by atoms with E-state index in [-0.39, 0.29) is 5.91 Å². The van der Waals surface area contributed by atoms with Crippen molar-refractivity contribution in [1.29, 1.82) is 0 Å². The molecule has 82 valence electrons. The largest absolute Gasteiger partial charge is 0.325 e. The average molecular weight is 355 g/mol. The zero-order valence-corrected chi connectivity index (χ0v) is 11.8. The summed E-state index contributed by atoms with van der Waals surface area (Å²) in [5.74, 6) is 0.494. The van der Waals surface area contributed by atoms with E-state index in [1.54, 1.807) is 0 Å². The summed E-state index contributed by atoms with van der Waals surface area (Å²) in [5.41, 5.74) is 0.776. The highest BCUT2D eigenvalue weighted by molar-refractivity contribution is 9.11. The highest BCUT2D eigenvalue weighted by Gasteiger charge is 2.05. The van der Waals surface area contributed by atoms with E-state index in [0.29, 0.717) is 18.7 Å². The molecular formula is C10H10Br2ClNO. The van der Waals surface area contributed by atoms with Gasteiger partial charge in [-0.3, -0.25) is 4.79 Å². The van der Waals surface area contributed by atoms with Crippen LogP contribution in [0.15, 0.2) is 27.1 Å². The van der Waals surface area contributed by atoms with Gasteiger partial charge in [0.2, 0.25) is 5.91 Å². The lowest BCUT2D eigenvalue weighted by Crippen LogP contribution is -2.11. The van der Waals surface area contributed by atoms with Crippen molar-refractivity contribution in [3.63, 3.8) is 0 Å². The minimum absolute atomic E-state index is 0.0151. The fourth-order valence-corrected chi connectivity index (χ4v) is 2.31. The second-order valence-electron chi connectivity index (χ2n) is 2.96. The van der Waals surface area contributed by atoms with Crippen LogP contribution in [0.4, 0.5) is 5.69 Å². The molecule has 5 heteroatoms. The van der Waals surface area contributed by atoms with E-state index >= 15 is 0 Å². The van der Waals surface area contributed by atoms with Crippen molar-refractivity contribution in [2.24, 2.45) is 0 Å². The maximum atomic E-state index is 11.4. The van der Waals surface area contributed by atoms with Crippen molar-refractivity contribution in [3.8, 4) is 0 Å². The van der Waals surface area contributed by atoms with Gasteiger partial charge in [-0.05, 0) is 40.5 Å². The van der Waals surface area contributed by atoms with Gasteiger partial charge in [-0.25, -0.2) is 0 Å². The van der Waals surface area contributed by atoms with Crippen molar-refractivity contribution in [3.05, 3.63) is 27.1 Å². The summed E-state index contributed by atoms with van der Waals surface area (Å²) in [4.78, 5) is 11.4. The van der Waals surface area contributed by atoms with Crippen LogP contribution in [0, 0.1) is 0 Å². The summed E-state index contributed by atoms with van der Waals surface area (Å²) in [6.45, 7) is 0. The molecule has 1 aromatic rings. The molecule has 0 aromatic heterocycles. The summed E-state index contributed by atoms with van der Waals surface area (Å²) in [6.07, 6.45) is 1.15. The fraction of sp³-hybridized carbons (Fsp3) is 0.300. The fourth-order valence-electron chi connectivity index (χ4n) is 1.03. The molecule has 0 aliphatic heterocycles. The van der Waals surface area contributed by atoms with Gasteiger partial charge >= 0.3 is 0 Å². The third-order valence-electron chi connectivity index (χ3n) is 1.74. The summed E-state index contributed by atoms with van der Waals surface area (Å²) < 4.78 is 1.82. The lowest BCUT2D eigenvalue weighted by molar-refractivity contribution is -0.116. The summed E-state index contributed by atoms with van der Waals surface area (Å²) in [6, 6.07) is 5.60. The Bertz CT molecular complexity index is 357. The molecule has 0 saturated carbocycles. The zero-order valence-electron chi connectivity index (χ0n) is 7.90. The van der Waals surface area contributed by atoms with Gasteiger partial charge in [0, 0.05) is 21.2 Å². The Hall–Kier alpha value is -0.0600. The molecular weight excluding hydrogens is 345 g/mol. The molecule has 0 unspecified atom stereocenters. The molecule has 1 aromatic carbocycles. The van der Waals surface area contributed by atoms with Crippen molar-refractivity contribution >= 4 is 55.1 Å². The first-order chi connectivity index (χ1) is 7.13. The Morgan fingerprint density at radius 2 is 2.13 bits per heavy atom. The number of amides is 1. The van der Waals surface area contributed by atoms with E-state index in [4.69, 9.17) is 11.6 Å². The number of hydrogen-bond acceptors (Lipinski definition) is 1. The SMILES string of the molecule is O=C(CCCCl)Nc1ccc(Br)cc1Br. The summed E-state index contributed by atoms with van der Waals surface area (Å²) >= 11 is 12.2. The van der Waals surface area contributed by atoms with Crippen LogP contribution in [0.25, 0.3) is 0 Å². The van der Waals surface area contributed by atoms with Gasteiger partial charge in [0.1, 0.15) is 0 Å². The molecule has 0 heterocycles. The van der Waals surface area contributed by atoms with Crippen LogP contribution < -0.4 is 5.32 Å². The molecule has 1 N–H and O–H groups in total. The van der Waals surface area contributed by atoms with Gasteiger partial charge in [0.15, 0.2) is 0 Å². The third kappa shape index (κ3) is 4.53. The Kier molecular flexibility index (Phi) is 5.64. The van der Waals surface area contributed by atoms with E-state index in [1.165, 1.54) is 0 Å². The minimum atomic E-state index is -0.0151. The molecule has 0 bridgehead atoms. The molecule has 1 rings (SSSR count). The predicted octanol–water partition coefficient (Wildman–Crippen LogP) is 4.17. The van der Waals surface area contributed by atoms with Crippen LogP contribution >= 0.6 is 43.5 Å². The highest BCUT2D eigenvalue weighted by atomic mass is 79.9. The molecule has 0 saturated heterocycles. The van der Waals surface area contributed by atoms with Crippen molar-refractivity contribution in [2.75, 3.05) is 11.2 Å². The molecule has 0 radical (unpaired) electrons. The number of anilines is 1. The lowest BCUT2D eigenvalue weighted by atomic mass is 10.3. The number of hydrogen-bond donors (Lipinski definition) is 1. The van der Waals surface area contributed by atoms with Gasteiger partial charge in [0.05, 0.1) is 5.69 Å². The van der Waals surface area contributed by atoms with Gasteiger partial charge in [-0.1, -0.05) is 15.9 Å². The van der Waals surface area contributed by atoms with E-state index in [2.05, 4.69) is 37.2 Å². The van der Waals surface area contributed by atoms with Crippen LogP contribution in [-0.4, -0.2) is 11.8 Å². The third-order valence-corrected chi connectivity index (χ3v) is 3.16. The van der Waals surface area contributed by atoms with Gasteiger partial charge in [-0.2, -0.15) is 0 Å². The number of carbonyl (C=O) groups is 1. The maximum absolute atomic E-state index is 11.4. The number of alkyl halides is 1. The van der Waals surface area contributed by atoms with Crippen LogP contribution in [0.3, 0.4) is 0 Å². The lowest BCUT2D eigenvalue weighted by Gasteiger charge is -2.06. The Morgan fingerprint density at radius 1 is 1.40 bits per heavy atom. The van der Waals surface area contributed by atoms with Crippen LogP contribution in [0.2, 0.25) is 0 Å². The van der Waals surface area contributed by atoms with Crippen LogP contribution in [0.5, 0.6) is 0 Å². The molecule has 15 heavy (non-hydrogen) atoms. The van der Waals surface area contributed by atoms with E-state index in [1.807, 2.05) is 18.2 Å². The maximum Gasteiger partial charge on any atom is 0.224 e. The summed E-state index contributed by atoms with van der Waals surface area (Å²) in [7, 11) is 0. The topological polar surface area (TPSA) is 29.1 Å². The Labute approximate surface area is 111 Å². The quantitative estimate of drug-likeness (QED) is 0.807. The second kappa shape index (κ2) is 6.51. The molecule has 0 fully saturated rings. The first-order valence-corrected chi connectivity index (χ1v) is 6.56. The Balaban J connectivity index is 2.60. The zero-order chi connectivity index (χ0) is 11.3. The van der Waals surface area contributed by atoms with Crippen LogP contribution in [-0.2, 0) is 4.79 Å². The first kappa shape index (κ1) is 13.0. The van der Waals surface area contributed by atoms with E-state index in [9.17, 15) is 4.79 Å². The van der Waals surface area contributed by atoms with Crippen molar-refractivity contribution in [2.45, 2.75) is 12.8 Å². The molecule has 0 aliphatic carbocycles. The van der Waals surface area contributed by atoms with Crippen molar-refractivity contribution < 1.29 is 4.79 Å². The normalized spacial score (nSPS) is 10.1. The van der Waals surface area contributed by atoms with Crippen molar-refractivity contribution in [1.82, 2.24) is 0 Å². The number of benzene rings is 1. The first-order valence-electron chi connectivity index (χ1n) is 4.44. The number of rotatable bonds is 4. The molecule has 1 amide bonds. The van der Waals surface area contributed by atoms with Gasteiger partial charge in [0.25, 0.3) is 0 Å². The standard InChI is InChI=1S/C10H10Br2ClNO/c11-7-3-4-9(8(12)6-7)14-10(15)2-1-5-13/h3-4,6H,1-2,5H2,(H,14,15). The van der Waals surface area contributed by atoms with Crippen LogP contribution in [0.1, 0.15) is 12.8 Å². The number of carbonyl (C=O) groups excluding carboxylic acids is 1. The smallest absolute Gasteiger partial charge is 0.224 e. The number of halogens is 3. The summed E-state index contributed by atoms with van der Waals surface area (Å²) in [5, 5.41) is 2.81. The second-order valence-corrected chi connectivity index (χ2v) is 5.11.